The van der Waals surface area contributed by atoms with Crippen LogP contribution in [0.1, 0.15) is 5.56 Å². The van der Waals surface area contributed by atoms with E-state index in [2.05, 4.69) is 25.9 Å². The molecule has 0 spiro atoms. The summed E-state index contributed by atoms with van der Waals surface area (Å²) in [6, 6.07) is 9.67. The first-order chi connectivity index (χ1) is 14.7. The second-order valence-corrected chi connectivity index (χ2v) is 7.34. The smallest absolute Gasteiger partial charge is 0.410 e. The van der Waals surface area contributed by atoms with Crippen LogP contribution in [-0.4, -0.2) is 71.4 Å². The summed E-state index contributed by atoms with van der Waals surface area (Å²) in [7, 11) is 0. The maximum absolute atomic E-state index is 12.3. The number of nitriles is 1. The quantitative estimate of drug-likeness (QED) is 0.713. The number of ether oxygens (including phenoxy) is 2. The van der Waals surface area contributed by atoms with Crippen molar-refractivity contribution in [1.29, 1.82) is 5.26 Å². The molecule has 1 amide bonds. The maximum atomic E-state index is 12.3. The third kappa shape index (κ3) is 3.42. The fourth-order valence-corrected chi connectivity index (χ4v) is 3.68. The predicted molar refractivity (Wildman–Crippen MR) is 109 cm³/mol. The van der Waals surface area contributed by atoms with Crippen molar-refractivity contribution < 1.29 is 14.3 Å². The van der Waals surface area contributed by atoms with Crippen LogP contribution in [0.5, 0.6) is 0 Å². The van der Waals surface area contributed by atoms with Gasteiger partial charge < -0.3 is 24.3 Å². The van der Waals surface area contributed by atoms with Crippen LogP contribution >= 0.6 is 0 Å². The van der Waals surface area contributed by atoms with Gasteiger partial charge in [-0.3, -0.25) is 4.98 Å². The summed E-state index contributed by atoms with van der Waals surface area (Å²) >= 11 is 0. The number of amides is 1. The molecule has 9 nitrogen and oxygen atoms in total. The molecule has 0 bridgehead atoms. The number of pyridine rings is 2. The van der Waals surface area contributed by atoms with Gasteiger partial charge in [-0.2, -0.15) is 5.26 Å². The lowest BCUT2D eigenvalue weighted by atomic mass is 10.2. The van der Waals surface area contributed by atoms with Crippen LogP contribution < -0.4 is 4.90 Å². The van der Waals surface area contributed by atoms with Crippen LogP contribution in [0.2, 0.25) is 0 Å². The van der Waals surface area contributed by atoms with E-state index in [1.165, 1.54) is 0 Å². The van der Waals surface area contributed by atoms with Gasteiger partial charge in [0.25, 0.3) is 0 Å². The number of aromatic amines is 1. The minimum atomic E-state index is -0.265. The first-order valence-corrected chi connectivity index (χ1v) is 9.84. The molecule has 152 valence electrons. The normalized spacial score (nSPS) is 16.9. The van der Waals surface area contributed by atoms with E-state index >= 15 is 0 Å². The fourth-order valence-electron chi connectivity index (χ4n) is 3.68. The van der Waals surface area contributed by atoms with Crippen LogP contribution in [0, 0.1) is 11.3 Å². The number of rotatable bonds is 3. The maximum Gasteiger partial charge on any atom is 0.410 e. The van der Waals surface area contributed by atoms with Gasteiger partial charge in [-0.05, 0) is 24.3 Å². The molecule has 3 aromatic heterocycles. The van der Waals surface area contributed by atoms with E-state index in [1.54, 1.807) is 23.4 Å². The number of carbonyl (C=O) groups excluding carboxylic acids is 1. The predicted octanol–water partition coefficient (Wildman–Crippen LogP) is 2.15. The molecule has 0 radical (unpaired) electrons. The Kier molecular flexibility index (Phi) is 4.69. The summed E-state index contributed by atoms with van der Waals surface area (Å²) in [6.07, 6.45) is 2.97. The molecular formula is C21H20N6O3. The van der Waals surface area contributed by atoms with Crippen molar-refractivity contribution in [3.63, 3.8) is 0 Å². The lowest BCUT2D eigenvalue weighted by molar-refractivity contribution is -0.104. The third-order valence-corrected chi connectivity index (χ3v) is 5.43. The van der Waals surface area contributed by atoms with Crippen molar-refractivity contribution in [3.05, 3.63) is 42.2 Å². The number of H-pyrrole nitrogens is 1. The second kappa shape index (κ2) is 7.65. The topological polar surface area (TPSA) is 107 Å². The van der Waals surface area contributed by atoms with Crippen LogP contribution in [-0.2, 0) is 9.47 Å². The van der Waals surface area contributed by atoms with Gasteiger partial charge in [0.2, 0.25) is 0 Å². The van der Waals surface area contributed by atoms with Gasteiger partial charge in [0.1, 0.15) is 11.7 Å². The van der Waals surface area contributed by atoms with Crippen molar-refractivity contribution in [2.45, 2.75) is 6.10 Å². The van der Waals surface area contributed by atoms with Crippen molar-refractivity contribution in [3.8, 4) is 17.5 Å². The molecule has 2 aliphatic heterocycles. The molecule has 0 atom stereocenters. The second-order valence-electron chi connectivity index (χ2n) is 7.34. The molecule has 0 aliphatic carbocycles. The summed E-state index contributed by atoms with van der Waals surface area (Å²) in [4.78, 5) is 28.4. The largest absolute Gasteiger partial charge is 0.441 e. The van der Waals surface area contributed by atoms with E-state index in [-0.39, 0.29) is 12.2 Å². The molecule has 5 rings (SSSR count). The number of hydrogen-bond acceptors (Lipinski definition) is 7. The number of hydrogen-bond donors (Lipinski definition) is 1. The molecule has 2 aliphatic rings. The summed E-state index contributed by atoms with van der Waals surface area (Å²) in [6.45, 7) is 3.61. The highest BCUT2D eigenvalue weighted by atomic mass is 16.6. The van der Waals surface area contributed by atoms with E-state index in [1.807, 2.05) is 18.2 Å². The Morgan fingerprint density at radius 1 is 1.20 bits per heavy atom. The highest BCUT2D eigenvalue weighted by Gasteiger charge is 2.28. The van der Waals surface area contributed by atoms with Crippen LogP contribution in [0.4, 0.5) is 10.5 Å². The number of carbonyl (C=O) groups is 1. The molecule has 1 N–H and O–H groups in total. The molecule has 2 fully saturated rings. The summed E-state index contributed by atoms with van der Waals surface area (Å²) in [5.74, 6) is 0. The lowest BCUT2D eigenvalue weighted by Gasteiger charge is -2.37. The molecule has 0 saturated carbocycles. The Balaban J connectivity index is 1.33. The van der Waals surface area contributed by atoms with Crippen molar-refractivity contribution in [2.24, 2.45) is 0 Å². The Morgan fingerprint density at radius 3 is 2.70 bits per heavy atom. The number of fused-ring (bicyclic) bond motifs is 1. The third-order valence-electron chi connectivity index (χ3n) is 5.43. The van der Waals surface area contributed by atoms with Gasteiger partial charge >= 0.3 is 6.09 Å². The monoisotopic (exact) mass is 404 g/mol. The standard InChI is InChI=1S/C21H20N6O3/c22-10-14-1-2-17(24-11-14)18-9-16-19(3-4-23-20(16)25-18)26-5-7-27(8-6-26)21(28)30-15-12-29-13-15/h1-4,9,11,15H,5-8,12-13H2,(H,23,25). The number of nitrogens with zero attached hydrogens (tertiary/aromatic N) is 5. The molecule has 9 heteroatoms. The van der Waals surface area contributed by atoms with E-state index in [4.69, 9.17) is 14.7 Å². The molecule has 5 heterocycles. The minimum Gasteiger partial charge on any atom is -0.441 e. The fraction of sp³-hybridized carbons (Fsp3) is 0.333. The van der Waals surface area contributed by atoms with Gasteiger partial charge in [0.15, 0.2) is 6.10 Å². The molecule has 3 aromatic rings. The Labute approximate surface area is 172 Å². The number of aromatic nitrogens is 3. The number of nitrogens with one attached hydrogen (secondary N) is 1. The summed E-state index contributed by atoms with van der Waals surface area (Å²) in [5, 5.41) is 9.96. The van der Waals surface area contributed by atoms with Crippen LogP contribution in [0.3, 0.4) is 0 Å². The summed E-state index contributed by atoms with van der Waals surface area (Å²) in [5.41, 5.74) is 3.97. The van der Waals surface area contributed by atoms with Crippen molar-refractivity contribution in [2.75, 3.05) is 44.3 Å². The molecule has 2 saturated heterocycles. The van der Waals surface area contributed by atoms with E-state index in [0.717, 1.165) is 28.1 Å². The SMILES string of the molecule is N#Cc1ccc(-c2cc3c(N4CCN(C(=O)OC5COC5)CC4)ccnc3[nH]2)nc1. The first-order valence-electron chi connectivity index (χ1n) is 9.84. The molecule has 0 unspecified atom stereocenters. The van der Waals surface area contributed by atoms with Gasteiger partial charge in [-0.25, -0.2) is 9.78 Å². The Bertz CT molecular complexity index is 1110. The minimum absolute atomic E-state index is 0.107. The van der Waals surface area contributed by atoms with Gasteiger partial charge in [0, 0.05) is 49.6 Å². The zero-order chi connectivity index (χ0) is 20.5. The van der Waals surface area contributed by atoms with Gasteiger partial charge in [-0.1, -0.05) is 0 Å². The molecule has 30 heavy (non-hydrogen) atoms. The van der Waals surface area contributed by atoms with E-state index < -0.39 is 0 Å². The zero-order valence-corrected chi connectivity index (χ0v) is 16.2. The van der Waals surface area contributed by atoms with E-state index in [9.17, 15) is 4.79 Å². The van der Waals surface area contributed by atoms with Crippen molar-refractivity contribution in [1.82, 2.24) is 19.9 Å². The highest BCUT2D eigenvalue weighted by molar-refractivity contribution is 5.93. The Morgan fingerprint density at radius 2 is 2.03 bits per heavy atom. The number of anilines is 1. The first kappa shape index (κ1) is 18.4. The number of piperazine rings is 1. The summed E-state index contributed by atoms with van der Waals surface area (Å²) < 4.78 is 10.5. The highest BCUT2D eigenvalue weighted by Crippen LogP contribution is 2.30. The average molecular weight is 404 g/mol. The zero-order valence-electron chi connectivity index (χ0n) is 16.2. The van der Waals surface area contributed by atoms with Crippen molar-refractivity contribution >= 4 is 22.8 Å². The average Bonchev–Trinajstić information content (AvgIpc) is 3.21. The lowest BCUT2D eigenvalue weighted by Crippen LogP contribution is -2.51. The molecule has 0 aromatic carbocycles. The Hall–Kier alpha value is -3.64. The molecular weight excluding hydrogens is 384 g/mol. The van der Waals surface area contributed by atoms with E-state index in [0.29, 0.717) is 45.0 Å². The van der Waals surface area contributed by atoms with Gasteiger partial charge in [0.05, 0.1) is 30.2 Å². The van der Waals surface area contributed by atoms with Crippen LogP contribution in [0.15, 0.2) is 36.7 Å². The van der Waals surface area contributed by atoms with Gasteiger partial charge in [-0.15, -0.1) is 0 Å². The van der Waals surface area contributed by atoms with Crippen LogP contribution in [0.25, 0.3) is 22.4 Å².